The van der Waals surface area contributed by atoms with Gasteiger partial charge < -0.3 is 4.57 Å². The minimum absolute atomic E-state index is 0.654. The molecule has 9 aromatic carbocycles. The zero-order chi connectivity index (χ0) is 38.2. The van der Waals surface area contributed by atoms with Gasteiger partial charge in [-0.1, -0.05) is 152 Å². The van der Waals surface area contributed by atoms with E-state index in [1.165, 1.54) is 49.3 Å². The quantitative estimate of drug-likeness (QED) is 0.176. The van der Waals surface area contributed by atoms with E-state index < -0.39 is 0 Å². The van der Waals surface area contributed by atoms with E-state index in [-0.39, 0.29) is 0 Å². The van der Waals surface area contributed by atoms with Gasteiger partial charge in [-0.25, -0.2) is 9.97 Å². The monoisotopic (exact) mass is 738 g/mol. The fourth-order valence-corrected chi connectivity index (χ4v) is 9.03. The molecule has 0 fully saturated rings. The summed E-state index contributed by atoms with van der Waals surface area (Å²) >= 11 is 0. The van der Waals surface area contributed by atoms with E-state index in [1.807, 2.05) is 0 Å². The van der Waals surface area contributed by atoms with Gasteiger partial charge in [-0.3, -0.25) is 4.57 Å². The Balaban J connectivity index is 1.04. The first kappa shape index (κ1) is 32.4. The molecule has 0 N–H and O–H groups in total. The predicted molar refractivity (Wildman–Crippen MR) is 242 cm³/mol. The number of hydrogen-bond donors (Lipinski definition) is 0. The molecule has 0 aliphatic rings. The van der Waals surface area contributed by atoms with Crippen LogP contribution in [0.2, 0.25) is 0 Å². The highest BCUT2D eigenvalue weighted by atomic mass is 15.2. The number of aromatic nitrogens is 4. The molecule has 0 aliphatic carbocycles. The van der Waals surface area contributed by atoms with E-state index in [4.69, 9.17) is 9.97 Å². The largest absolute Gasteiger partial charge is 0.309 e. The third-order valence-electron chi connectivity index (χ3n) is 11.7. The lowest BCUT2D eigenvalue weighted by Crippen LogP contribution is -2.03. The molecule has 3 aromatic heterocycles. The molecule has 0 spiro atoms. The van der Waals surface area contributed by atoms with Crippen molar-refractivity contribution in [2.24, 2.45) is 0 Å². The average Bonchev–Trinajstić information content (AvgIpc) is 3.82. The third kappa shape index (κ3) is 5.02. The molecule has 4 heteroatoms. The van der Waals surface area contributed by atoms with Gasteiger partial charge in [0.2, 0.25) is 5.95 Å². The molecule has 0 aliphatic heterocycles. The highest BCUT2D eigenvalue weighted by Gasteiger charge is 2.20. The van der Waals surface area contributed by atoms with Crippen LogP contribution in [0.15, 0.2) is 206 Å². The van der Waals surface area contributed by atoms with Crippen molar-refractivity contribution in [3.63, 3.8) is 0 Å². The van der Waals surface area contributed by atoms with Gasteiger partial charge in [0.25, 0.3) is 0 Å². The lowest BCUT2D eigenvalue weighted by Gasteiger charge is -2.12. The SMILES string of the molecule is c1ccc(-c2ccc(-c3nc(-n4c5ccccc5c5cc(-c6ccc7c(c6)c6c8ccccc8ccc6n7-c6ccccc6)ccc54)nc4ccccc34)cc2)cc1. The Hall–Kier alpha value is -7.82. The van der Waals surface area contributed by atoms with Gasteiger partial charge in [0.1, 0.15) is 0 Å². The van der Waals surface area contributed by atoms with E-state index in [1.54, 1.807) is 0 Å². The number of rotatable bonds is 5. The average molecular weight is 739 g/mol. The molecule has 0 bridgehead atoms. The van der Waals surface area contributed by atoms with Crippen LogP contribution in [0.3, 0.4) is 0 Å². The summed E-state index contributed by atoms with van der Waals surface area (Å²) in [5.41, 5.74) is 13.3. The number of para-hydroxylation sites is 3. The maximum absolute atomic E-state index is 5.36. The van der Waals surface area contributed by atoms with Crippen LogP contribution in [-0.4, -0.2) is 19.1 Å². The van der Waals surface area contributed by atoms with Crippen LogP contribution < -0.4 is 0 Å². The van der Waals surface area contributed by atoms with Crippen molar-refractivity contribution in [2.45, 2.75) is 0 Å². The summed E-state index contributed by atoms with van der Waals surface area (Å²) < 4.78 is 4.62. The van der Waals surface area contributed by atoms with Gasteiger partial charge in [-0.15, -0.1) is 0 Å². The molecule has 270 valence electrons. The predicted octanol–water partition coefficient (Wildman–Crippen LogP) is 14.0. The maximum Gasteiger partial charge on any atom is 0.235 e. The van der Waals surface area contributed by atoms with Crippen molar-refractivity contribution in [1.29, 1.82) is 0 Å². The molecule has 0 saturated carbocycles. The minimum atomic E-state index is 0.654. The molecule has 0 atom stereocenters. The molecule has 0 saturated heterocycles. The topological polar surface area (TPSA) is 35.6 Å². The summed E-state index contributed by atoms with van der Waals surface area (Å²) in [6, 6.07) is 73.8. The molecule has 0 radical (unpaired) electrons. The van der Waals surface area contributed by atoms with Gasteiger partial charge in [0, 0.05) is 38.2 Å². The van der Waals surface area contributed by atoms with Gasteiger partial charge >= 0.3 is 0 Å². The van der Waals surface area contributed by atoms with E-state index >= 15 is 0 Å². The van der Waals surface area contributed by atoms with Gasteiger partial charge in [-0.2, -0.15) is 0 Å². The van der Waals surface area contributed by atoms with Crippen molar-refractivity contribution in [1.82, 2.24) is 19.1 Å². The van der Waals surface area contributed by atoms with Gasteiger partial charge in [0.05, 0.1) is 33.3 Å². The number of hydrogen-bond acceptors (Lipinski definition) is 2. The Morgan fingerprint density at radius 3 is 1.66 bits per heavy atom. The first-order valence-electron chi connectivity index (χ1n) is 19.7. The van der Waals surface area contributed by atoms with Crippen LogP contribution in [-0.2, 0) is 0 Å². The van der Waals surface area contributed by atoms with Crippen molar-refractivity contribution in [2.75, 3.05) is 0 Å². The first-order valence-corrected chi connectivity index (χ1v) is 19.7. The van der Waals surface area contributed by atoms with Crippen molar-refractivity contribution >= 4 is 65.3 Å². The second-order valence-electron chi connectivity index (χ2n) is 15.0. The summed E-state index contributed by atoms with van der Waals surface area (Å²) in [7, 11) is 0. The van der Waals surface area contributed by atoms with Crippen LogP contribution in [0, 0.1) is 0 Å². The fraction of sp³-hybridized carbons (Fsp3) is 0. The summed E-state index contributed by atoms with van der Waals surface area (Å²) in [6.45, 7) is 0. The van der Waals surface area contributed by atoms with E-state index in [0.717, 1.165) is 55.2 Å². The molecule has 58 heavy (non-hydrogen) atoms. The van der Waals surface area contributed by atoms with Gasteiger partial charge in [0.15, 0.2) is 0 Å². The van der Waals surface area contributed by atoms with Crippen molar-refractivity contribution < 1.29 is 0 Å². The van der Waals surface area contributed by atoms with Crippen LogP contribution >= 0.6 is 0 Å². The van der Waals surface area contributed by atoms with E-state index in [9.17, 15) is 0 Å². The molecular formula is C54H34N4. The zero-order valence-corrected chi connectivity index (χ0v) is 31.4. The fourth-order valence-electron chi connectivity index (χ4n) is 9.03. The highest BCUT2D eigenvalue weighted by molar-refractivity contribution is 6.22. The van der Waals surface area contributed by atoms with Gasteiger partial charge in [-0.05, 0) is 87.6 Å². The Labute approximate surface area is 334 Å². The molecule has 0 amide bonds. The van der Waals surface area contributed by atoms with E-state index in [0.29, 0.717) is 5.95 Å². The van der Waals surface area contributed by atoms with Crippen molar-refractivity contribution in [3.05, 3.63) is 206 Å². The zero-order valence-electron chi connectivity index (χ0n) is 31.4. The molecule has 0 unspecified atom stereocenters. The first-order chi connectivity index (χ1) is 28.8. The normalized spacial score (nSPS) is 11.8. The summed E-state index contributed by atoms with van der Waals surface area (Å²) in [4.78, 5) is 10.6. The molecule has 3 heterocycles. The van der Waals surface area contributed by atoms with Crippen LogP contribution in [0.25, 0.3) is 110 Å². The number of benzene rings is 9. The Kier molecular flexibility index (Phi) is 7.20. The maximum atomic E-state index is 5.36. The van der Waals surface area contributed by atoms with Crippen molar-refractivity contribution in [3.8, 4) is 45.1 Å². The number of fused-ring (bicyclic) bond motifs is 9. The summed E-state index contributed by atoms with van der Waals surface area (Å²) in [6.07, 6.45) is 0. The summed E-state index contributed by atoms with van der Waals surface area (Å²) in [5, 5.41) is 8.37. The van der Waals surface area contributed by atoms with Crippen LogP contribution in [0.5, 0.6) is 0 Å². The van der Waals surface area contributed by atoms with E-state index in [2.05, 4.69) is 215 Å². The smallest absolute Gasteiger partial charge is 0.235 e. The lowest BCUT2D eigenvalue weighted by molar-refractivity contribution is 1.01. The lowest BCUT2D eigenvalue weighted by atomic mass is 9.99. The second kappa shape index (κ2) is 12.9. The standard InChI is InChI=1S/C54H34N4/c1-3-13-35(14-4-1)36-23-25-38(26-24-36)53-44-20-9-11-21-47(44)55-54(56-53)58-48-22-12-10-19-43(48)45-33-39(28-30-49(45)58)40-29-31-50-46(34-40)52-42-18-8-7-15-37(42)27-32-51(52)57(50)41-16-5-2-6-17-41/h1-34H. The van der Waals surface area contributed by atoms with Crippen LogP contribution in [0.4, 0.5) is 0 Å². The molecular weight excluding hydrogens is 705 g/mol. The molecule has 12 aromatic rings. The van der Waals surface area contributed by atoms with Crippen LogP contribution in [0.1, 0.15) is 0 Å². The Bertz CT molecular complexity index is 3540. The summed E-state index contributed by atoms with van der Waals surface area (Å²) in [5.74, 6) is 0.654. The Morgan fingerprint density at radius 2 is 0.862 bits per heavy atom. The third-order valence-corrected chi connectivity index (χ3v) is 11.7. The second-order valence-corrected chi connectivity index (χ2v) is 15.0. The highest BCUT2D eigenvalue weighted by Crippen LogP contribution is 2.41. The minimum Gasteiger partial charge on any atom is -0.309 e. The molecule has 4 nitrogen and oxygen atoms in total. The molecule has 12 rings (SSSR count). The Morgan fingerprint density at radius 1 is 0.310 bits per heavy atom. The number of nitrogens with zero attached hydrogens (tertiary/aromatic N) is 4.